The van der Waals surface area contributed by atoms with Crippen LogP contribution in [0.5, 0.6) is 5.75 Å². The highest BCUT2D eigenvalue weighted by atomic mass is 32.2. The maximum Gasteiger partial charge on any atom is 0.227 e. The van der Waals surface area contributed by atoms with E-state index in [2.05, 4.69) is 6.07 Å². The van der Waals surface area contributed by atoms with Gasteiger partial charge < -0.3 is 9.64 Å². The summed E-state index contributed by atoms with van der Waals surface area (Å²) in [6.45, 7) is 1.31. The molecule has 1 fully saturated rings. The Kier molecular flexibility index (Phi) is 5.13. The fraction of sp³-hybridized carbons (Fsp3) is 0.500. The van der Waals surface area contributed by atoms with Crippen molar-refractivity contribution in [3.8, 4) is 11.8 Å². The van der Waals surface area contributed by atoms with E-state index in [1.54, 1.807) is 18.9 Å². The van der Waals surface area contributed by atoms with Crippen LogP contribution >= 0.6 is 11.8 Å². The Morgan fingerprint density at radius 2 is 2.10 bits per heavy atom. The molecule has 0 spiro atoms. The van der Waals surface area contributed by atoms with E-state index in [0.717, 1.165) is 24.2 Å². The molecule has 0 saturated carbocycles. The van der Waals surface area contributed by atoms with Crippen LogP contribution in [0.4, 0.5) is 0 Å². The van der Waals surface area contributed by atoms with Gasteiger partial charge in [0.15, 0.2) is 0 Å². The normalized spacial score (nSPS) is 17.1. The van der Waals surface area contributed by atoms with Crippen molar-refractivity contribution in [2.24, 2.45) is 0 Å². The molecule has 0 N–H and O–H groups in total. The van der Waals surface area contributed by atoms with E-state index in [-0.39, 0.29) is 10.7 Å². The monoisotopic (exact) mass is 304 g/mol. The Labute approximate surface area is 130 Å². The molecular formula is C16H20N2O2S. The van der Waals surface area contributed by atoms with Crippen molar-refractivity contribution in [3.63, 3.8) is 0 Å². The number of thioether (sulfide) groups is 1. The van der Waals surface area contributed by atoms with Gasteiger partial charge in [-0.2, -0.15) is 5.26 Å². The van der Waals surface area contributed by atoms with Crippen molar-refractivity contribution in [2.75, 3.05) is 26.5 Å². The van der Waals surface area contributed by atoms with Crippen LogP contribution in [-0.2, 0) is 11.2 Å². The SMILES string of the molecule is COc1ccccc1CC(=O)N1CCC(C#N)(SC)CC1. The van der Waals surface area contributed by atoms with Crippen LogP contribution in [-0.4, -0.2) is 42.0 Å². The summed E-state index contributed by atoms with van der Waals surface area (Å²) < 4.78 is 4.97. The Morgan fingerprint density at radius 1 is 1.43 bits per heavy atom. The highest BCUT2D eigenvalue weighted by Crippen LogP contribution is 2.34. The van der Waals surface area contributed by atoms with Crippen molar-refractivity contribution in [1.82, 2.24) is 4.90 Å². The first-order chi connectivity index (χ1) is 10.1. The molecule has 1 heterocycles. The molecule has 1 aromatic rings. The maximum absolute atomic E-state index is 12.4. The molecule has 0 aromatic heterocycles. The van der Waals surface area contributed by atoms with E-state index >= 15 is 0 Å². The second-order valence-corrected chi connectivity index (χ2v) is 6.37. The molecule has 21 heavy (non-hydrogen) atoms. The molecule has 0 atom stereocenters. The highest BCUT2D eigenvalue weighted by molar-refractivity contribution is 8.00. The molecule has 0 radical (unpaired) electrons. The zero-order valence-corrected chi connectivity index (χ0v) is 13.3. The first-order valence-corrected chi connectivity index (χ1v) is 8.22. The van der Waals surface area contributed by atoms with E-state index in [1.165, 1.54) is 0 Å². The number of likely N-dealkylation sites (tertiary alicyclic amines) is 1. The second kappa shape index (κ2) is 6.86. The minimum absolute atomic E-state index is 0.104. The zero-order chi connectivity index (χ0) is 15.3. The molecule has 1 amide bonds. The number of carbonyl (C=O) groups is 1. The molecule has 1 saturated heterocycles. The molecule has 1 aliphatic heterocycles. The van der Waals surface area contributed by atoms with Crippen molar-refractivity contribution >= 4 is 17.7 Å². The molecular weight excluding hydrogens is 284 g/mol. The van der Waals surface area contributed by atoms with Crippen molar-refractivity contribution in [1.29, 1.82) is 5.26 Å². The summed E-state index contributed by atoms with van der Waals surface area (Å²) in [4.78, 5) is 14.3. The summed E-state index contributed by atoms with van der Waals surface area (Å²) >= 11 is 1.60. The predicted octanol–water partition coefficient (Wildman–Crippen LogP) is 2.49. The standard InChI is InChI=1S/C16H20N2O2S/c1-20-14-6-4-3-5-13(14)11-15(19)18-9-7-16(12-17,21-2)8-10-18/h3-6H,7-11H2,1-2H3. The topological polar surface area (TPSA) is 53.3 Å². The first kappa shape index (κ1) is 15.7. The predicted molar refractivity (Wildman–Crippen MR) is 84.4 cm³/mol. The molecule has 1 aromatic carbocycles. The van der Waals surface area contributed by atoms with Gasteiger partial charge in [0.1, 0.15) is 10.5 Å². The number of nitriles is 1. The number of hydrogen-bond acceptors (Lipinski definition) is 4. The number of benzene rings is 1. The van der Waals surface area contributed by atoms with E-state index in [4.69, 9.17) is 4.74 Å². The van der Waals surface area contributed by atoms with Gasteiger partial charge in [0.25, 0.3) is 0 Å². The summed E-state index contributed by atoms with van der Waals surface area (Å²) in [7, 11) is 1.62. The quantitative estimate of drug-likeness (QED) is 0.857. The third kappa shape index (κ3) is 3.51. The number of piperidine rings is 1. The van der Waals surface area contributed by atoms with Crippen LogP contribution in [0.2, 0.25) is 0 Å². The van der Waals surface area contributed by atoms with E-state index in [0.29, 0.717) is 19.5 Å². The van der Waals surface area contributed by atoms with Gasteiger partial charge in [-0.3, -0.25) is 4.79 Å². The van der Waals surface area contributed by atoms with Crippen molar-refractivity contribution < 1.29 is 9.53 Å². The minimum atomic E-state index is -0.318. The van der Waals surface area contributed by atoms with Gasteiger partial charge in [0.05, 0.1) is 19.6 Å². The van der Waals surface area contributed by atoms with Gasteiger partial charge in [-0.1, -0.05) is 18.2 Å². The summed E-state index contributed by atoms with van der Waals surface area (Å²) in [5.74, 6) is 0.852. The number of amides is 1. The zero-order valence-electron chi connectivity index (χ0n) is 12.5. The lowest BCUT2D eigenvalue weighted by atomic mass is 9.96. The highest BCUT2D eigenvalue weighted by Gasteiger charge is 2.35. The van der Waals surface area contributed by atoms with E-state index in [9.17, 15) is 10.1 Å². The van der Waals surface area contributed by atoms with E-state index in [1.807, 2.05) is 35.4 Å². The molecule has 2 rings (SSSR count). The third-order valence-corrected chi connectivity index (χ3v) is 5.33. The third-order valence-electron chi connectivity index (χ3n) is 4.05. The van der Waals surface area contributed by atoms with Gasteiger partial charge in [-0.25, -0.2) is 0 Å². The molecule has 1 aliphatic rings. The van der Waals surface area contributed by atoms with Gasteiger partial charge in [-0.15, -0.1) is 11.8 Å². The largest absolute Gasteiger partial charge is 0.496 e. The Hall–Kier alpha value is -1.67. The van der Waals surface area contributed by atoms with Gasteiger partial charge in [-0.05, 0) is 25.2 Å². The molecule has 0 bridgehead atoms. The number of carbonyl (C=O) groups excluding carboxylic acids is 1. The van der Waals surface area contributed by atoms with Crippen molar-refractivity contribution in [3.05, 3.63) is 29.8 Å². The lowest BCUT2D eigenvalue weighted by Crippen LogP contribution is -2.45. The number of nitrogens with zero attached hydrogens (tertiary/aromatic N) is 2. The van der Waals surface area contributed by atoms with Crippen LogP contribution < -0.4 is 4.74 Å². The Balaban J connectivity index is 1.98. The molecule has 0 unspecified atom stereocenters. The van der Waals surface area contributed by atoms with Gasteiger partial charge in [0, 0.05) is 18.7 Å². The number of methoxy groups -OCH3 is 1. The van der Waals surface area contributed by atoms with Crippen LogP contribution in [0.3, 0.4) is 0 Å². The lowest BCUT2D eigenvalue weighted by molar-refractivity contribution is -0.131. The number of hydrogen-bond donors (Lipinski definition) is 0. The Morgan fingerprint density at radius 3 is 2.67 bits per heavy atom. The van der Waals surface area contributed by atoms with Crippen LogP contribution in [0.25, 0.3) is 0 Å². The van der Waals surface area contributed by atoms with Crippen LogP contribution in [0.1, 0.15) is 18.4 Å². The Bertz CT molecular complexity index is 545. The molecule has 4 nitrogen and oxygen atoms in total. The molecule has 0 aliphatic carbocycles. The minimum Gasteiger partial charge on any atom is -0.496 e. The lowest BCUT2D eigenvalue weighted by Gasteiger charge is -2.36. The number of ether oxygens (including phenoxy) is 1. The average Bonchev–Trinajstić information content (AvgIpc) is 2.55. The average molecular weight is 304 g/mol. The number of rotatable bonds is 4. The summed E-state index contributed by atoms with van der Waals surface area (Å²) in [5.41, 5.74) is 0.909. The second-order valence-electron chi connectivity index (χ2n) is 5.18. The first-order valence-electron chi connectivity index (χ1n) is 7.00. The van der Waals surface area contributed by atoms with Crippen molar-refractivity contribution in [2.45, 2.75) is 24.0 Å². The fourth-order valence-electron chi connectivity index (χ4n) is 2.60. The van der Waals surface area contributed by atoms with E-state index < -0.39 is 0 Å². The van der Waals surface area contributed by atoms with Crippen LogP contribution in [0, 0.1) is 11.3 Å². The van der Waals surface area contributed by atoms with Gasteiger partial charge in [0.2, 0.25) is 5.91 Å². The summed E-state index contributed by atoms with van der Waals surface area (Å²) in [6, 6.07) is 10.00. The fourth-order valence-corrected chi connectivity index (χ4v) is 3.28. The summed E-state index contributed by atoms with van der Waals surface area (Å²) in [5, 5.41) is 9.28. The van der Waals surface area contributed by atoms with Gasteiger partial charge >= 0.3 is 0 Å². The smallest absolute Gasteiger partial charge is 0.227 e. The number of para-hydroxylation sites is 1. The molecule has 5 heteroatoms. The van der Waals surface area contributed by atoms with Crippen LogP contribution in [0.15, 0.2) is 24.3 Å². The maximum atomic E-state index is 12.4. The summed E-state index contributed by atoms with van der Waals surface area (Å²) in [6.07, 6.45) is 3.79. The molecule has 112 valence electrons.